The lowest BCUT2D eigenvalue weighted by molar-refractivity contribution is -0.141. The van der Waals surface area contributed by atoms with E-state index >= 15 is 0 Å². The van der Waals surface area contributed by atoms with Gasteiger partial charge >= 0.3 is 0 Å². The van der Waals surface area contributed by atoms with Gasteiger partial charge in [0.2, 0.25) is 11.8 Å². The summed E-state index contributed by atoms with van der Waals surface area (Å²) in [6.07, 6.45) is 5.88. The smallest absolute Gasteiger partial charge is 0.248 e. The van der Waals surface area contributed by atoms with Crippen LogP contribution in [0.15, 0.2) is 47.3 Å². The van der Waals surface area contributed by atoms with Crippen LogP contribution in [-0.4, -0.2) is 59.3 Å². The third-order valence-corrected chi connectivity index (χ3v) is 8.94. The van der Waals surface area contributed by atoms with Gasteiger partial charge in [-0.2, -0.15) is 5.10 Å². The number of aromatic nitrogens is 5. The van der Waals surface area contributed by atoms with E-state index in [1.807, 2.05) is 44.2 Å². The fourth-order valence-electron chi connectivity index (χ4n) is 6.13. The summed E-state index contributed by atoms with van der Waals surface area (Å²) >= 11 is 3.36. The maximum atomic E-state index is 13.9. The molecule has 3 aromatic heterocycles. The van der Waals surface area contributed by atoms with Crippen LogP contribution in [0.4, 0.5) is 5.82 Å². The quantitative estimate of drug-likeness (QED) is 0.242. The van der Waals surface area contributed by atoms with E-state index in [-0.39, 0.29) is 35.6 Å². The minimum atomic E-state index is -0.623. The van der Waals surface area contributed by atoms with Gasteiger partial charge in [0.05, 0.1) is 5.52 Å². The Hall–Kier alpha value is -3.99. The van der Waals surface area contributed by atoms with E-state index in [1.165, 1.54) is 6.92 Å². The van der Waals surface area contributed by atoms with Crippen molar-refractivity contribution in [3.8, 4) is 11.1 Å². The Morgan fingerprint density at radius 3 is 2.54 bits per heavy atom. The zero-order chi connectivity index (χ0) is 29.1. The van der Waals surface area contributed by atoms with Gasteiger partial charge in [-0.05, 0) is 83.8 Å². The van der Waals surface area contributed by atoms with Gasteiger partial charge in [-0.1, -0.05) is 19.1 Å². The third-order valence-electron chi connectivity index (χ3n) is 8.50. The van der Waals surface area contributed by atoms with Crippen LogP contribution in [0.2, 0.25) is 0 Å². The molecule has 1 aliphatic carbocycles. The second-order valence-corrected chi connectivity index (χ2v) is 12.1. The maximum absolute atomic E-state index is 13.9. The van der Waals surface area contributed by atoms with Crippen LogP contribution >= 0.6 is 15.9 Å². The van der Waals surface area contributed by atoms with Crippen LogP contribution in [-0.2, 0) is 16.1 Å². The highest BCUT2D eigenvalue weighted by molar-refractivity contribution is 9.10. The molecule has 1 saturated carbocycles. The highest BCUT2D eigenvalue weighted by Crippen LogP contribution is 2.54. The number of nitrogens with zero attached hydrogens (tertiary/aromatic N) is 6. The van der Waals surface area contributed by atoms with Gasteiger partial charge in [-0.3, -0.25) is 19.1 Å². The van der Waals surface area contributed by atoms with E-state index in [4.69, 9.17) is 0 Å². The molecule has 1 N–H and O–H groups in total. The monoisotopic (exact) mass is 615 g/mol. The number of halogens is 1. The first-order valence-electron chi connectivity index (χ1n) is 13.6. The van der Waals surface area contributed by atoms with Crippen molar-refractivity contribution < 1.29 is 14.4 Å². The Balaban J connectivity index is 1.31. The third kappa shape index (κ3) is 4.81. The van der Waals surface area contributed by atoms with Gasteiger partial charge in [0.15, 0.2) is 5.78 Å². The standard InChI is InChI=1S/C30H30BrN7O3/c1-16-5-8-25(31)34-28(16)35-29(41)23-12-30(4)10-9-24(30)38(23)26(40)15-37-22-7-6-19(20-13-32-18(3)33-14-20)11-21(22)27(36-37)17(2)39/h5-8,11,13-14,23-24H,9-10,12,15H2,1-4H3,(H,34,35,41)/t23-,24+,30+/m0/s1. The van der Waals surface area contributed by atoms with Crippen molar-refractivity contribution in [3.63, 3.8) is 0 Å². The molecule has 6 rings (SSSR count). The van der Waals surface area contributed by atoms with Crippen molar-refractivity contribution in [3.05, 3.63) is 64.4 Å². The molecule has 41 heavy (non-hydrogen) atoms. The van der Waals surface area contributed by atoms with Gasteiger partial charge < -0.3 is 10.2 Å². The van der Waals surface area contributed by atoms with Crippen molar-refractivity contribution in [2.24, 2.45) is 5.41 Å². The average Bonchev–Trinajstić information content (AvgIpc) is 3.39. The Morgan fingerprint density at radius 2 is 1.85 bits per heavy atom. The van der Waals surface area contributed by atoms with Crippen molar-refractivity contribution in [2.75, 3.05) is 5.32 Å². The lowest BCUT2D eigenvalue weighted by Crippen LogP contribution is -2.52. The summed E-state index contributed by atoms with van der Waals surface area (Å²) in [7, 11) is 0. The molecule has 1 aromatic carbocycles. The summed E-state index contributed by atoms with van der Waals surface area (Å²) in [5.74, 6) is 0.501. The molecule has 1 saturated heterocycles. The van der Waals surface area contributed by atoms with Crippen LogP contribution in [0.3, 0.4) is 0 Å². The van der Waals surface area contributed by atoms with Crippen molar-refractivity contribution in [1.29, 1.82) is 0 Å². The van der Waals surface area contributed by atoms with E-state index in [9.17, 15) is 14.4 Å². The molecule has 0 spiro atoms. The maximum Gasteiger partial charge on any atom is 0.248 e. The number of hydrogen-bond donors (Lipinski definition) is 1. The number of carbonyl (C=O) groups excluding carboxylic acids is 3. The number of Topliss-reactive ketones (excluding diaryl/α,β-unsaturated/α-hetero) is 1. The molecule has 2 amide bonds. The number of carbonyl (C=O) groups is 3. The van der Waals surface area contributed by atoms with Gasteiger partial charge in [0, 0.05) is 36.3 Å². The minimum absolute atomic E-state index is 0.0236. The summed E-state index contributed by atoms with van der Waals surface area (Å²) < 4.78 is 2.20. The fourth-order valence-corrected chi connectivity index (χ4v) is 6.43. The van der Waals surface area contributed by atoms with E-state index in [1.54, 1.807) is 22.0 Å². The van der Waals surface area contributed by atoms with Gasteiger partial charge in [-0.15, -0.1) is 0 Å². The lowest BCUT2D eigenvalue weighted by atomic mass is 9.66. The molecular weight excluding hydrogens is 586 g/mol. The van der Waals surface area contributed by atoms with Crippen molar-refractivity contribution in [1.82, 2.24) is 29.6 Å². The predicted octanol–water partition coefficient (Wildman–Crippen LogP) is 4.88. The summed E-state index contributed by atoms with van der Waals surface area (Å²) in [5.41, 5.74) is 3.36. The van der Waals surface area contributed by atoms with E-state index in [2.05, 4.69) is 48.2 Å². The van der Waals surface area contributed by atoms with Gasteiger partial charge in [-0.25, -0.2) is 15.0 Å². The highest BCUT2D eigenvalue weighted by atomic mass is 79.9. The molecule has 2 aliphatic rings. The number of pyridine rings is 1. The normalized spacial score (nSPS) is 21.4. The number of rotatable bonds is 6. The van der Waals surface area contributed by atoms with Crippen LogP contribution in [0, 0.1) is 19.3 Å². The number of hydrogen-bond acceptors (Lipinski definition) is 7. The number of aryl methyl sites for hydroxylation is 2. The van der Waals surface area contributed by atoms with Crippen LogP contribution in [0.25, 0.3) is 22.0 Å². The topological polar surface area (TPSA) is 123 Å². The lowest BCUT2D eigenvalue weighted by Gasteiger charge is -2.44. The van der Waals surface area contributed by atoms with E-state index < -0.39 is 6.04 Å². The number of anilines is 1. The highest BCUT2D eigenvalue weighted by Gasteiger charge is 2.58. The molecule has 0 unspecified atom stereocenters. The molecular formula is C30H30BrN7O3. The molecule has 1 aliphatic heterocycles. The summed E-state index contributed by atoms with van der Waals surface area (Å²) in [6.45, 7) is 7.23. The second-order valence-electron chi connectivity index (χ2n) is 11.3. The predicted molar refractivity (Wildman–Crippen MR) is 157 cm³/mol. The molecule has 210 valence electrons. The van der Waals surface area contributed by atoms with Crippen LogP contribution < -0.4 is 5.32 Å². The van der Waals surface area contributed by atoms with E-state index in [0.29, 0.717) is 39.3 Å². The summed E-state index contributed by atoms with van der Waals surface area (Å²) in [4.78, 5) is 54.8. The minimum Gasteiger partial charge on any atom is -0.325 e. The first kappa shape index (κ1) is 27.2. The Kier molecular flexibility index (Phi) is 6.72. The Morgan fingerprint density at radius 1 is 1.10 bits per heavy atom. The van der Waals surface area contributed by atoms with Crippen molar-refractivity contribution in [2.45, 2.75) is 65.6 Å². The number of fused-ring (bicyclic) bond motifs is 2. The number of ketones is 1. The zero-order valence-corrected chi connectivity index (χ0v) is 24.9. The molecule has 11 heteroatoms. The molecule has 0 radical (unpaired) electrons. The molecule has 3 atom stereocenters. The van der Waals surface area contributed by atoms with Gasteiger partial charge in [0.1, 0.15) is 34.5 Å². The summed E-state index contributed by atoms with van der Waals surface area (Å²) in [5, 5.41) is 8.17. The van der Waals surface area contributed by atoms with Crippen molar-refractivity contribution >= 4 is 50.2 Å². The molecule has 4 heterocycles. The first-order valence-corrected chi connectivity index (χ1v) is 14.4. The molecule has 4 aromatic rings. The molecule has 10 nitrogen and oxygen atoms in total. The van der Waals surface area contributed by atoms with E-state index in [0.717, 1.165) is 29.5 Å². The number of amides is 2. The second kappa shape index (κ2) is 10.1. The number of likely N-dealkylation sites (tertiary alicyclic amines) is 1. The largest absolute Gasteiger partial charge is 0.325 e. The zero-order valence-electron chi connectivity index (χ0n) is 23.3. The molecule has 0 bridgehead atoms. The Labute approximate surface area is 245 Å². The molecule has 2 fully saturated rings. The number of nitrogens with one attached hydrogen (secondary N) is 1. The van der Waals surface area contributed by atoms with Gasteiger partial charge in [0.25, 0.3) is 0 Å². The SMILES string of the molecule is CC(=O)c1nn(CC(=O)N2[C@H](C(=O)Nc3nc(Br)ccc3C)C[C@@]3(C)CC[C@@H]23)c2ccc(-c3cnc(C)nc3)cc12. The van der Waals surface area contributed by atoms with Crippen LogP contribution in [0.1, 0.15) is 55.0 Å². The summed E-state index contributed by atoms with van der Waals surface area (Å²) in [6, 6.07) is 8.70. The van der Waals surface area contributed by atoms with Crippen LogP contribution in [0.5, 0.6) is 0 Å². The fraction of sp³-hybridized carbons (Fsp3) is 0.367. The Bertz CT molecular complexity index is 1720. The number of benzene rings is 1. The average molecular weight is 617 g/mol. The first-order chi connectivity index (χ1) is 19.5.